The van der Waals surface area contributed by atoms with Crippen LogP contribution in [0.2, 0.25) is 0 Å². The Labute approximate surface area is 137 Å². The van der Waals surface area contributed by atoms with Crippen LogP contribution in [-0.2, 0) is 0 Å². The van der Waals surface area contributed by atoms with Crippen LogP contribution in [0.3, 0.4) is 0 Å². The Morgan fingerprint density at radius 2 is 2.09 bits per heavy atom. The maximum Gasteiger partial charge on any atom is 0.0568 e. The smallest absolute Gasteiger partial charge is 0.0568 e. The van der Waals surface area contributed by atoms with E-state index in [2.05, 4.69) is 26.8 Å². The summed E-state index contributed by atoms with van der Waals surface area (Å²) in [6.07, 6.45) is 16.2. The minimum Gasteiger partial charge on any atom is -0.393 e. The zero-order valence-corrected chi connectivity index (χ0v) is 15.0. The molecule has 22 heavy (non-hydrogen) atoms. The largest absolute Gasteiger partial charge is 0.393 e. The molecular formula is C21H36O. The van der Waals surface area contributed by atoms with Gasteiger partial charge in [0.2, 0.25) is 0 Å². The van der Waals surface area contributed by atoms with Gasteiger partial charge < -0.3 is 5.11 Å². The van der Waals surface area contributed by atoms with E-state index in [4.69, 9.17) is 0 Å². The van der Waals surface area contributed by atoms with E-state index in [1.165, 1.54) is 64.2 Å². The number of aliphatic hydroxyl groups excluding tert-OH is 1. The van der Waals surface area contributed by atoms with Crippen molar-refractivity contribution >= 4 is 0 Å². The summed E-state index contributed by atoms with van der Waals surface area (Å²) in [6, 6.07) is 0. The third-order valence-electron chi connectivity index (χ3n) is 5.90. The summed E-state index contributed by atoms with van der Waals surface area (Å²) >= 11 is 0. The molecule has 1 nitrogen and oxygen atoms in total. The van der Waals surface area contributed by atoms with Crippen LogP contribution in [0.1, 0.15) is 91.4 Å². The van der Waals surface area contributed by atoms with Crippen LogP contribution < -0.4 is 0 Å². The molecule has 1 N–H and O–H groups in total. The van der Waals surface area contributed by atoms with Gasteiger partial charge in [-0.15, -0.1) is 0 Å². The topological polar surface area (TPSA) is 20.2 Å². The van der Waals surface area contributed by atoms with E-state index < -0.39 is 0 Å². The molecule has 0 aromatic carbocycles. The van der Waals surface area contributed by atoms with Gasteiger partial charge in [-0.05, 0) is 69.3 Å². The molecule has 0 aromatic heterocycles. The van der Waals surface area contributed by atoms with Crippen LogP contribution in [0, 0.1) is 11.8 Å². The highest BCUT2D eigenvalue weighted by atomic mass is 16.3. The average molecular weight is 305 g/mol. The van der Waals surface area contributed by atoms with Crippen molar-refractivity contribution in [3.8, 4) is 0 Å². The lowest BCUT2D eigenvalue weighted by Crippen LogP contribution is -2.13. The second-order valence-electron chi connectivity index (χ2n) is 7.62. The molecule has 0 spiro atoms. The molecule has 0 amide bonds. The van der Waals surface area contributed by atoms with E-state index in [-0.39, 0.29) is 6.10 Å². The number of hydrogen-bond donors (Lipinski definition) is 1. The Bertz CT molecular complexity index is 404. The summed E-state index contributed by atoms with van der Waals surface area (Å²) in [6.45, 7) is 7.04. The third kappa shape index (κ3) is 4.72. The average Bonchev–Trinajstić information content (AvgIpc) is 2.91. The molecule has 1 fully saturated rings. The van der Waals surface area contributed by atoms with Gasteiger partial charge in [-0.2, -0.15) is 0 Å². The second-order valence-corrected chi connectivity index (χ2v) is 7.62. The number of unbranched alkanes of at least 4 members (excludes halogenated alkanes) is 1. The normalized spacial score (nSPS) is 27.2. The first kappa shape index (κ1) is 17.8. The lowest BCUT2D eigenvalue weighted by atomic mass is 9.81. The molecule has 2 aliphatic rings. The second kappa shape index (κ2) is 8.91. The first-order valence-electron chi connectivity index (χ1n) is 9.70. The fourth-order valence-electron chi connectivity index (χ4n) is 4.51. The molecule has 1 heteroatoms. The van der Waals surface area contributed by atoms with Crippen molar-refractivity contribution in [2.45, 2.75) is 97.5 Å². The van der Waals surface area contributed by atoms with Gasteiger partial charge in [-0.3, -0.25) is 0 Å². The monoisotopic (exact) mass is 304 g/mol. The van der Waals surface area contributed by atoms with E-state index in [0.717, 1.165) is 12.3 Å². The summed E-state index contributed by atoms with van der Waals surface area (Å²) in [5.41, 5.74) is 4.97. The fourth-order valence-corrected chi connectivity index (χ4v) is 4.51. The van der Waals surface area contributed by atoms with Gasteiger partial charge in [0.15, 0.2) is 0 Å². The first-order valence-corrected chi connectivity index (χ1v) is 9.70. The van der Waals surface area contributed by atoms with Crippen molar-refractivity contribution in [3.63, 3.8) is 0 Å². The van der Waals surface area contributed by atoms with Gasteiger partial charge in [0, 0.05) is 0 Å². The molecule has 3 atom stereocenters. The maximum absolute atomic E-state index is 9.91. The lowest BCUT2D eigenvalue weighted by molar-refractivity contribution is 0.126. The van der Waals surface area contributed by atoms with E-state index >= 15 is 0 Å². The molecule has 0 bridgehead atoms. The van der Waals surface area contributed by atoms with Gasteiger partial charge in [-0.25, -0.2) is 0 Å². The number of hydrogen-bond acceptors (Lipinski definition) is 1. The Morgan fingerprint density at radius 3 is 2.77 bits per heavy atom. The molecule has 2 aliphatic carbocycles. The molecule has 0 saturated heterocycles. The van der Waals surface area contributed by atoms with Gasteiger partial charge >= 0.3 is 0 Å². The zero-order chi connectivity index (χ0) is 15.9. The van der Waals surface area contributed by atoms with Crippen LogP contribution in [0.5, 0.6) is 0 Å². The number of allylic oxidation sites excluding steroid dienone is 4. The molecule has 1 saturated carbocycles. The van der Waals surface area contributed by atoms with Crippen molar-refractivity contribution in [3.05, 3.63) is 22.8 Å². The summed E-state index contributed by atoms with van der Waals surface area (Å²) in [5, 5.41) is 9.91. The van der Waals surface area contributed by atoms with E-state index in [0.29, 0.717) is 5.92 Å². The molecule has 0 radical (unpaired) electrons. The van der Waals surface area contributed by atoms with E-state index in [1.807, 2.05) is 0 Å². The van der Waals surface area contributed by atoms with Gasteiger partial charge in [0.1, 0.15) is 0 Å². The molecule has 0 heterocycles. The molecule has 0 aromatic rings. The Hall–Kier alpha value is -0.560. The van der Waals surface area contributed by atoms with Crippen molar-refractivity contribution in [1.29, 1.82) is 0 Å². The Balaban J connectivity index is 1.79. The van der Waals surface area contributed by atoms with Crippen LogP contribution in [0.15, 0.2) is 22.8 Å². The minimum atomic E-state index is 0.00224. The highest BCUT2D eigenvalue weighted by Gasteiger charge is 2.24. The van der Waals surface area contributed by atoms with Crippen molar-refractivity contribution in [2.75, 3.05) is 0 Å². The van der Waals surface area contributed by atoms with Crippen molar-refractivity contribution in [2.24, 2.45) is 11.8 Å². The highest BCUT2D eigenvalue weighted by molar-refractivity contribution is 5.38. The standard InChI is InChI=1S/C21H36O/c1-4-9-19-17(3)11-7-14-20(19)16(2)10-5-6-12-18-13-8-15-21(18)22/h11,16,18,21-22H,4-10,12-15H2,1-3H3/t16-,18?,21?/m0/s1. The maximum atomic E-state index is 9.91. The minimum absolute atomic E-state index is 0.00224. The van der Waals surface area contributed by atoms with Crippen molar-refractivity contribution < 1.29 is 5.11 Å². The molecule has 126 valence electrons. The third-order valence-corrected chi connectivity index (χ3v) is 5.90. The quantitative estimate of drug-likeness (QED) is 0.531. The first-order chi connectivity index (χ1) is 10.6. The molecule has 0 aliphatic heterocycles. The Kier molecular flexibility index (Phi) is 7.21. The summed E-state index contributed by atoms with van der Waals surface area (Å²) in [7, 11) is 0. The predicted molar refractivity (Wildman–Crippen MR) is 95.9 cm³/mol. The van der Waals surface area contributed by atoms with Crippen LogP contribution in [0.25, 0.3) is 0 Å². The van der Waals surface area contributed by atoms with Crippen LogP contribution in [-0.4, -0.2) is 11.2 Å². The van der Waals surface area contributed by atoms with Gasteiger partial charge in [-0.1, -0.05) is 56.8 Å². The van der Waals surface area contributed by atoms with E-state index in [1.54, 1.807) is 16.7 Å². The number of rotatable bonds is 8. The van der Waals surface area contributed by atoms with Gasteiger partial charge in [0.25, 0.3) is 0 Å². The summed E-state index contributed by atoms with van der Waals surface area (Å²) < 4.78 is 0. The van der Waals surface area contributed by atoms with Gasteiger partial charge in [0.05, 0.1) is 6.10 Å². The predicted octanol–water partition coefficient (Wildman–Crippen LogP) is 6.18. The molecule has 2 unspecified atom stereocenters. The fraction of sp³-hybridized carbons (Fsp3) is 0.810. The highest BCUT2D eigenvalue weighted by Crippen LogP contribution is 2.35. The van der Waals surface area contributed by atoms with E-state index in [9.17, 15) is 5.11 Å². The van der Waals surface area contributed by atoms with Crippen LogP contribution >= 0.6 is 0 Å². The van der Waals surface area contributed by atoms with Crippen molar-refractivity contribution in [1.82, 2.24) is 0 Å². The zero-order valence-electron chi connectivity index (χ0n) is 15.0. The SMILES string of the molecule is CCCC1=C([C@@H](C)CCCCC2CCCC2O)CCC=C1C. The molecule has 2 rings (SSSR count). The Morgan fingerprint density at radius 1 is 1.27 bits per heavy atom. The molecular weight excluding hydrogens is 268 g/mol. The summed E-state index contributed by atoms with van der Waals surface area (Å²) in [5.74, 6) is 1.35. The number of aliphatic hydroxyl groups is 1. The lowest BCUT2D eigenvalue weighted by Gasteiger charge is -2.25. The summed E-state index contributed by atoms with van der Waals surface area (Å²) in [4.78, 5) is 0. The van der Waals surface area contributed by atoms with Crippen LogP contribution in [0.4, 0.5) is 0 Å².